The van der Waals surface area contributed by atoms with Gasteiger partial charge in [0.15, 0.2) is 4.80 Å². The van der Waals surface area contributed by atoms with Gasteiger partial charge in [-0.15, -0.1) is 0 Å². The lowest BCUT2D eigenvalue weighted by molar-refractivity contribution is 0.414. The second-order valence-electron chi connectivity index (χ2n) is 8.65. The maximum Gasteiger partial charge on any atom is 0.271 e. The number of methoxy groups -OCH3 is 2. The number of rotatable bonds is 4. The van der Waals surface area contributed by atoms with Crippen LogP contribution in [0.1, 0.15) is 34.7 Å². The quantitative estimate of drug-likeness (QED) is 0.437. The van der Waals surface area contributed by atoms with E-state index in [0.29, 0.717) is 4.53 Å². The Hall–Kier alpha value is -3.90. The van der Waals surface area contributed by atoms with Crippen LogP contribution in [0.2, 0.25) is 0 Å². The molecule has 1 unspecified atom stereocenters. The highest BCUT2D eigenvalue weighted by Gasteiger charge is 2.33. The first-order valence-corrected chi connectivity index (χ1v) is 12.4. The zero-order valence-corrected chi connectivity index (χ0v) is 20.3. The topological polar surface area (TPSA) is 52.8 Å². The summed E-state index contributed by atoms with van der Waals surface area (Å²) in [7, 11) is 3.31. The van der Waals surface area contributed by atoms with Gasteiger partial charge in [-0.05, 0) is 65.4 Å². The molecule has 3 aromatic carbocycles. The fraction of sp³-hybridized carbons (Fsp3) is 0.172. The molecule has 0 amide bonds. The zero-order valence-electron chi connectivity index (χ0n) is 19.5. The summed E-state index contributed by atoms with van der Waals surface area (Å²) >= 11 is 1.45. The lowest BCUT2D eigenvalue weighted by Crippen LogP contribution is -2.38. The van der Waals surface area contributed by atoms with E-state index in [4.69, 9.17) is 14.5 Å². The predicted octanol–water partition coefficient (Wildman–Crippen LogP) is 4.34. The van der Waals surface area contributed by atoms with Gasteiger partial charge in [-0.2, -0.15) is 0 Å². The molecule has 1 aromatic heterocycles. The lowest BCUT2D eigenvalue weighted by Gasteiger charge is -2.31. The maximum atomic E-state index is 13.8. The van der Waals surface area contributed by atoms with Gasteiger partial charge < -0.3 is 9.47 Å². The van der Waals surface area contributed by atoms with Gasteiger partial charge in [0.2, 0.25) is 0 Å². The van der Waals surface area contributed by atoms with E-state index < -0.39 is 0 Å². The lowest BCUT2D eigenvalue weighted by atomic mass is 9.82. The predicted molar refractivity (Wildman–Crippen MR) is 139 cm³/mol. The minimum absolute atomic E-state index is 0.0278. The molecular weight excluding hydrogens is 456 g/mol. The fourth-order valence-corrected chi connectivity index (χ4v) is 5.98. The smallest absolute Gasteiger partial charge is 0.271 e. The second kappa shape index (κ2) is 8.71. The highest BCUT2D eigenvalue weighted by atomic mass is 32.1. The Labute approximate surface area is 206 Å². The van der Waals surface area contributed by atoms with Crippen molar-refractivity contribution in [2.24, 2.45) is 4.99 Å². The van der Waals surface area contributed by atoms with Crippen molar-refractivity contribution in [1.82, 2.24) is 4.57 Å². The summed E-state index contributed by atoms with van der Waals surface area (Å²) in [6, 6.07) is 24.0. The Morgan fingerprint density at radius 3 is 2.31 bits per heavy atom. The first-order valence-electron chi connectivity index (χ1n) is 11.6. The number of thiazole rings is 1. The molecular formula is C29H24N2O3S. The number of hydrogen-bond donors (Lipinski definition) is 0. The Kier molecular flexibility index (Phi) is 5.38. The number of ether oxygens (including phenoxy) is 2. The third kappa shape index (κ3) is 3.70. The molecule has 0 fully saturated rings. The van der Waals surface area contributed by atoms with Gasteiger partial charge in [0.1, 0.15) is 11.5 Å². The van der Waals surface area contributed by atoms with Crippen molar-refractivity contribution in [3.63, 3.8) is 0 Å². The van der Waals surface area contributed by atoms with Crippen LogP contribution in [0.4, 0.5) is 0 Å². The molecule has 0 saturated heterocycles. The van der Waals surface area contributed by atoms with Crippen molar-refractivity contribution >= 4 is 23.0 Å². The summed E-state index contributed by atoms with van der Waals surface area (Å²) in [6.45, 7) is 0. The molecule has 0 saturated carbocycles. The van der Waals surface area contributed by atoms with E-state index in [1.165, 1.54) is 22.5 Å². The number of fused-ring (bicyclic) bond motifs is 3. The third-order valence-electron chi connectivity index (χ3n) is 6.69. The normalized spacial score (nSPS) is 16.7. The molecule has 0 spiro atoms. The third-order valence-corrected chi connectivity index (χ3v) is 7.68. The maximum absolute atomic E-state index is 13.8. The zero-order chi connectivity index (χ0) is 23.9. The van der Waals surface area contributed by atoms with Crippen LogP contribution >= 0.6 is 11.3 Å². The summed E-state index contributed by atoms with van der Waals surface area (Å²) in [5, 5.41) is 0. The number of hydrogen-bond acceptors (Lipinski definition) is 5. The van der Waals surface area contributed by atoms with Crippen molar-refractivity contribution in [3.8, 4) is 11.5 Å². The van der Waals surface area contributed by atoms with Crippen LogP contribution in [-0.2, 0) is 6.42 Å². The second-order valence-corrected chi connectivity index (χ2v) is 9.66. The van der Waals surface area contributed by atoms with E-state index in [0.717, 1.165) is 51.5 Å². The average Bonchev–Trinajstić information content (AvgIpc) is 3.22. The number of benzene rings is 3. The first kappa shape index (κ1) is 21.6. The van der Waals surface area contributed by atoms with Crippen molar-refractivity contribution < 1.29 is 9.47 Å². The van der Waals surface area contributed by atoms with Gasteiger partial charge in [0, 0.05) is 5.57 Å². The van der Waals surface area contributed by atoms with Crippen LogP contribution in [0.15, 0.2) is 88.3 Å². The Morgan fingerprint density at radius 2 is 1.60 bits per heavy atom. The van der Waals surface area contributed by atoms with Gasteiger partial charge in [0.25, 0.3) is 5.56 Å². The number of aryl methyl sites for hydroxylation is 1. The molecule has 4 aromatic rings. The molecule has 1 aliphatic carbocycles. The molecule has 2 aliphatic rings. The van der Waals surface area contributed by atoms with Crippen LogP contribution in [0, 0.1) is 0 Å². The fourth-order valence-electron chi connectivity index (χ4n) is 4.96. The Balaban J connectivity index is 1.57. The van der Waals surface area contributed by atoms with E-state index >= 15 is 0 Å². The summed E-state index contributed by atoms with van der Waals surface area (Å²) in [6.07, 6.45) is 3.75. The van der Waals surface area contributed by atoms with E-state index in [1.54, 1.807) is 14.2 Å². The number of aromatic nitrogens is 1. The molecule has 6 rings (SSSR count). The number of allylic oxidation sites excluding steroid dienone is 2. The van der Waals surface area contributed by atoms with Crippen LogP contribution in [0.25, 0.3) is 11.6 Å². The number of nitrogens with zero attached hydrogens (tertiary/aromatic N) is 2. The van der Waals surface area contributed by atoms with E-state index in [2.05, 4.69) is 36.4 Å². The molecule has 0 bridgehead atoms. The monoisotopic (exact) mass is 480 g/mol. The van der Waals surface area contributed by atoms with Crippen LogP contribution in [0.3, 0.4) is 0 Å². The van der Waals surface area contributed by atoms with Crippen LogP contribution < -0.4 is 24.4 Å². The molecule has 35 heavy (non-hydrogen) atoms. The van der Waals surface area contributed by atoms with Gasteiger partial charge in [-0.25, -0.2) is 4.99 Å². The summed E-state index contributed by atoms with van der Waals surface area (Å²) in [5.41, 5.74) is 6.65. The molecule has 1 aliphatic heterocycles. The van der Waals surface area contributed by atoms with Gasteiger partial charge in [-0.3, -0.25) is 9.36 Å². The summed E-state index contributed by atoms with van der Waals surface area (Å²) < 4.78 is 13.2. The highest BCUT2D eigenvalue weighted by molar-refractivity contribution is 7.07. The minimum atomic E-state index is -0.244. The van der Waals surface area contributed by atoms with Gasteiger partial charge in [-0.1, -0.05) is 59.9 Å². The van der Waals surface area contributed by atoms with E-state index in [9.17, 15) is 4.79 Å². The molecule has 2 heterocycles. The molecule has 1 atom stereocenters. The van der Waals surface area contributed by atoms with Crippen molar-refractivity contribution in [1.29, 1.82) is 0 Å². The van der Waals surface area contributed by atoms with Crippen LogP contribution in [-0.4, -0.2) is 18.8 Å². The van der Waals surface area contributed by atoms with E-state index in [1.807, 2.05) is 47.0 Å². The van der Waals surface area contributed by atoms with Gasteiger partial charge >= 0.3 is 0 Å². The Morgan fingerprint density at radius 1 is 0.914 bits per heavy atom. The molecule has 5 nitrogen and oxygen atoms in total. The van der Waals surface area contributed by atoms with Crippen molar-refractivity contribution in [2.75, 3.05) is 14.2 Å². The summed E-state index contributed by atoms with van der Waals surface area (Å²) in [4.78, 5) is 19.6. The molecule has 6 heteroatoms. The minimum Gasteiger partial charge on any atom is -0.497 e. The molecule has 174 valence electrons. The van der Waals surface area contributed by atoms with Crippen molar-refractivity contribution in [2.45, 2.75) is 18.9 Å². The standard InChI is InChI=1S/C29H24N2O3S/c1-33-21-12-7-18(8-13-21)17-25-28(32)31-27(20-9-14-22(34-2)15-10-20)26-23-6-4-3-5-19(23)11-16-24(26)30-29(31)35-25/h3-10,12-15,17,27H,11,16H2,1-2H3/b25-17-. The highest BCUT2D eigenvalue weighted by Crippen LogP contribution is 2.42. The Bertz CT molecular complexity index is 1630. The largest absolute Gasteiger partial charge is 0.497 e. The summed E-state index contributed by atoms with van der Waals surface area (Å²) in [5.74, 6) is 1.58. The average molecular weight is 481 g/mol. The van der Waals surface area contributed by atoms with Crippen LogP contribution in [0.5, 0.6) is 11.5 Å². The van der Waals surface area contributed by atoms with Crippen molar-refractivity contribution in [3.05, 3.63) is 120 Å². The first-order chi connectivity index (χ1) is 17.2. The van der Waals surface area contributed by atoms with Gasteiger partial charge in [0.05, 0.1) is 30.5 Å². The SMILES string of the molecule is COc1ccc(/C=c2\sc3n(c2=O)C(c2ccc(OC)cc2)C2=C(CCc4ccccc42)N=3)cc1. The molecule has 0 N–H and O–H groups in total. The molecule has 0 radical (unpaired) electrons. The van der Waals surface area contributed by atoms with E-state index in [-0.39, 0.29) is 11.6 Å².